The summed E-state index contributed by atoms with van der Waals surface area (Å²) in [5.74, 6) is -0.303. The lowest BCUT2D eigenvalue weighted by molar-refractivity contribution is -0.121. The molecule has 0 radical (unpaired) electrons. The van der Waals surface area contributed by atoms with Crippen molar-refractivity contribution >= 4 is 40.6 Å². The Hall–Kier alpha value is -1.06. The summed E-state index contributed by atoms with van der Waals surface area (Å²) in [5.41, 5.74) is 1.38. The Balaban J connectivity index is 2.45. The molecule has 2 rings (SSSR count). The standard InChI is InChI=1S/C11H9Cl2NO2/c1-6-2-10(9(13)4-8(6)12)14-5-7(15)3-11(14)16/h2,4H,3,5H2,1H3. The van der Waals surface area contributed by atoms with Crippen LogP contribution in [0.15, 0.2) is 12.1 Å². The quantitative estimate of drug-likeness (QED) is 0.726. The summed E-state index contributed by atoms with van der Waals surface area (Å²) in [4.78, 5) is 24.1. The van der Waals surface area contributed by atoms with Crippen LogP contribution in [-0.4, -0.2) is 18.2 Å². The van der Waals surface area contributed by atoms with Gasteiger partial charge in [-0.15, -0.1) is 0 Å². The van der Waals surface area contributed by atoms with E-state index in [1.165, 1.54) is 4.90 Å². The molecule has 1 aliphatic rings. The molecule has 5 heteroatoms. The fourth-order valence-corrected chi connectivity index (χ4v) is 2.14. The third-order valence-corrected chi connectivity index (χ3v) is 3.21. The highest BCUT2D eigenvalue weighted by Gasteiger charge is 2.30. The van der Waals surface area contributed by atoms with Gasteiger partial charge < -0.3 is 4.90 Å². The molecule has 1 amide bonds. The first kappa shape index (κ1) is 11.4. The van der Waals surface area contributed by atoms with E-state index in [0.29, 0.717) is 15.7 Å². The molecule has 0 unspecified atom stereocenters. The van der Waals surface area contributed by atoms with Crippen molar-refractivity contribution in [1.82, 2.24) is 0 Å². The highest BCUT2D eigenvalue weighted by molar-refractivity contribution is 6.37. The highest BCUT2D eigenvalue weighted by Crippen LogP contribution is 2.33. The number of Topliss-reactive ketones (excluding diaryl/α,β-unsaturated/α-hetero) is 1. The van der Waals surface area contributed by atoms with Gasteiger partial charge in [0, 0.05) is 5.02 Å². The van der Waals surface area contributed by atoms with Crippen LogP contribution in [0.3, 0.4) is 0 Å². The van der Waals surface area contributed by atoms with Gasteiger partial charge in [-0.05, 0) is 24.6 Å². The molecule has 1 aromatic carbocycles. The minimum absolute atomic E-state index is 0.0436. The summed E-state index contributed by atoms with van der Waals surface area (Å²) in [6.07, 6.45) is -0.0436. The minimum atomic E-state index is -0.214. The zero-order valence-electron chi connectivity index (χ0n) is 8.59. The molecule has 0 atom stereocenters. The van der Waals surface area contributed by atoms with Gasteiger partial charge in [0.05, 0.1) is 23.7 Å². The number of ketones is 1. The second-order valence-electron chi connectivity index (χ2n) is 3.75. The van der Waals surface area contributed by atoms with Gasteiger partial charge in [-0.1, -0.05) is 23.2 Å². The van der Waals surface area contributed by atoms with Crippen LogP contribution in [0, 0.1) is 6.92 Å². The number of hydrogen-bond acceptors (Lipinski definition) is 2. The fraction of sp³-hybridized carbons (Fsp3) is 0.273. The van der Waals surface area contributed by atoms with Gasteiger partial charge in [0.2, 0.25) is 5.91 Å². The lowest BCUT2D eigenvalue weighted by Gasteiger charge is -2.17. The molecule has 16 heavy (non-hydrogen) atoms. The van der Waals surface area contributed by atoms with Gasteiger partial charge in [0.1, 0.15) is 0 Å². The largest absolute Gasteiger partial charge is 0.303 e. The van der Waals surface area contributed by atoms with Crippen LogP contribution >= 0.6 is 23.2 Å². The van der Waals surface area contributed by atoms with E-state index in [9.17, 15) is 9.59 Å². The van der Waals surface area contributed by atoms with Crippen LogP contribution in [0.4, 0.5) is 5.69 Å². The van der Waals surface area contributed by atoms with E-state index in [2.05, 4.69) is 0 Å². The number of nitrogens with zero attached hydrogens (tertiary/aromatic N) is 1. The average molecular weight is 258 g/mol. The molecule has 3 nitrogen and oxygen atoms in total. The van der Waals surface area contributed by atoms with Gasteiger partial charge in [-0.2, -0.15) is 0 Å². The first-order valence-electron chi connectivity index (χ1n) is 4.77. The zero-order chi connectivity index (χ0) is 11.9. The predicted octanol–water partition coefficient (Wildman–Crippen LogP) is 2.61. The van der Waals surface area contributed by atoms with Crippen LogP contribution < -0.4 is 4.90 Å². The Morgan fingerprint density at radius 2 is 1.88 bits per heavy atom. The van der Waals surface area contributed by atoms with E-state index in [-0.39, 0.29) is 24.7 Å². The molecule has 1 saturated heterocycles. The van der Waals surface area contributed by atoms with Gasteiger partial charge in [0.15, 0.2) is 5.78 Å². The van der Waals surface area contributed by atoms with Gasteiger partial charge in [-0.25, -0.2) is 0 Å². The number of benzene rings is 1. The topological polar surface area (TPSA) is 37.4 Å². The average Bonchev–Trinajstić information content (AvgIpc) is 2.51. The maximum atomic E-state index is 11.5. The smallest absolute Gasteiger partial charge is 0.234 e. The molecule has 1 heterocycles. The molecule has 84 valence electrons. The summed E-state index contributed by atoms with van der Waals surface area (Å²) in [6.45, 7) is 1.92. The molecular weight excluding hydrogens is 249 g/mol. The van der Waals surface area contributed by atoms with Crippen molar-refractivity contribution in [2.45, 2.75) is 13.3 Å². The number of hydrogen-bond donors (Lipinski definition) is 0. The molecule has 0 spiro atoms. The Morgan fingerprint density at radius 1 is 1.19 bits per heavy atom. The van der Waals surface area contributed by atoms with Crippen molar-refractivity contribution in [2.75, 3.05) is 11.4 Å². The van der Waals surface area contributed by atoms with Crippen molar-refractivity contribution in [3.8, 4) is 0 Å². The lowest BCUT2D eigenvalue weighted by Crippen LogP contribution is -2.24. The summed E-state index contributed by atoms with van der Waals surface area (Å²) < 4.78 is 0. The Kier molecular flexibility index (Phi) is 2.91. The van der Waals surface area contributed by atoms with E-state index < -0.39 is 0 Å². The van der Waals surface area contributed by atoms with Crippen LogP contribution in [0.5, 0.6) is 0 Å². The Bertz CT molecular complexity index is 485. The van der Waals surface area contributed by atoms with Crippen LogP contribution in [0.25, 0.3) is 0 Å². The SMILES string of the molecule is Cc1cc(N2CC(=O)CC2=O)c(Cl)cc1Cl. The Labute approximate surface area is 103 Å². The lowest BCUT2D eigenvalue weighted by atomic mass is 10.2. The number of rotatable bonds is 1. The van der Waals surface area contributed by atoms with Crippen molar-refractivity contribution in [3.63, 3.8) is 0 Å². The number of amides is 1. The van der Waals surface area contributed by atoms with Crippen molar-refractivity contribution < 1.29 is 9.59 Å². The molecule has 0 aromatic heterocycles. The van der Waals surface area contributed by atoms with E-state index in [1.54, 1.807) is 12.1 Å². The van der Waals surface area contributed by atoms with Crippen LogP contribution in [0.1, 0.15) is 12.0 Å². The summed E-state index contributed by atoms with van der Waals surface area (Å²) in [5, 5.41) is 0.936. The predicted molar refractivity (Wildman–Crippen MR) is 63.2 cm³/mol. The molecule has 1 aromatic rings. The first-order valence-corrected chi connectivity index (χ1v) is 5.52. The second-order valence-corrected chi connectivity index (χ2v) is 4.56. The molecule has 1 fully saturated rings. The maximum absolute atomic E-state index is 11.5. The third kappa shape index (κ3) is 1.93. The minimum Gasteiger partial charge on any atom is -0.303 e. The van der Waals surface area contributed by atoms with Crippen molar-refractivity contribution in [1.29, 1.82) is 0 Å². The first-order chi connectivity index (χ1) is 7.49. The third-order valence-electron chi connectivity index (χ3n) is 2.50. The van der Waals surface area contributed by atoms with Gasteiger partial charge >= 0.3 is 0 Å². The number of carbonyl (C=O) groups is 2. The number of anilines is 1. The number of halogens is 2. The summed E-state index contributed by atoms with van der Waals surface area (Å²) in [6, 6.07) is 3.31. The van der Waals surface area contributed by atoms with E-state index in [4.69, 9.17) is 23.2 Å². The maximum Gasteiger partial charge on any atom is 0.234 e. The highest BCUT2D eigenvalue weighted by atomic mass is 35.5. The molecule has 0 N–H and O–H groups in total. The fourth-order valence-electron chi connectivity index (χ4n) is 1.65. The number of carbonyl (C=O) groups excluding carboxylic acids is 2. The number of aryl methyl sites for hydroxylation is 1. The molecule has 0 saturated carbocycles. The monoisotopic (exact) mass is 257 g/mol. The Morgan fingerprint density at radius 3 is 2.44 bits per heavy atom. The van der Waals surface area contributed by atoms with Gasteiger partial charge in [0.25, 0.3) is 0 Å². The van der Waals surface area contributed by atoms with Gasteiger partial charge in [-0.3, -0.25) is 9.59 Å². The normalized spacial score (nSPS) is 16.1. The molecule has 1 aliphatic heterocycles. The van der Waals surface area contributed by atoms with Crippen LogP contribution in [-0.2, 0) is 9.59 Å². The molecular formula is C11H9Cl2NO2. The zero-order valence-corrected chi connectivity index (χ0v) is 10.1. The summed E-state index contributed by atoms with van der Waals surface area (Å²) >= 11 is 11.9. The van der Waals surface area contributed by atoms with Crippen molar-refractivity contribution in [3.05, 3.63) is 27.7 Å². The van der Waals surface area contributed by atoms with Crippen LogP contribution in [0.2, 0.25) is 10.0 Å². The summed E-state index contributed by atoms with van der Waals surface area (Å²) in [7, 11) is 0. The molecule has 0 bridgehead atoms. The van der Waals surface area contributed by atoms with E-state index >= 15 is 0 Å². The second kappa shape index (κ2) is 4.07. The van der Waals surface area contributed by atoms with E-state index in [1.807, 2.05) is 6.92 Å². The van der Waals surface area contributed by atoms with E-state index in [0.717, 1.165) is 5.56 Å². The van der Waals surface area contributed by atoms with Crippen molar-refractivity contribution in [2.24, 2.45) is 0 Å². The molecule has 0 aliphatic carbocycles.